The number of ether oxygens (including phenoxy) is 1. The van der Waals surface area contributed by atoms with Crippen LogP contribution in [0.1, 0.15) is 41.5 Å². The van der Waals surface area contributed by atoms with E-state index in [-0.39, 0.29) is 17.4 Å². The number of amides is 1. The van der Waals surface area contributed by atoms with Crippen molar-refractivity contribution in [2.45, 2.75) is 39.8 Å². The zero-order valence-electron chi connectivity index (χ0n) is 18.5. The fourth-order valence-corrected chi connectivity index (χ4v) is 4.86. The highest BCUT2D eigenvalue weighted by Gasteiger charge is 2.47. The average molecular weight is 448 g/mol. The van der Waals surface area contributed by atoms with Crippen molar-refractivity contribution in [3.8, 4) is 5.75 Å². The van der Waals surface area contributed by atoms with Gasteiger partial charge in [-0.15, -0.1) is 11.3 Å². The van der Waals surface area contributed by atoms with Crippen LogP contribution in [0.5, 0.6) is 5.75 Å². The largest absolute Gasteiger partial charge is 0.507 e. The van der Waals surface area contributed by atoms with Crippen LogP contribution in [0, 0.1) is 13.8 Å². The predicted molar refractivity (Wildman–Crippen MR) is 127 cm³/mol. The van der Waals surface area contributed by atoms with Crippen LogP contribution in [0.4, 0.5) is 5.69 Å². The number of Topliss-reactive ketones (excluding diaryl/α,β-unsaturated/α-hetero) is 1. The number of thiophene rings is 1. The van der Waals surface area contributed by atoms with E-state index in [4.69, 9.17) is 4.74 Å². The molecule has 3 aromatic rings. The quantitative estimate of drug-likeness (QED) is 0.306. The molecule has 6 heteroatoms. The normalized spacial score (nSPS) is 17.9. The van der Waals surface area contributed by atoms with Gasteiger partial charge in [0, 0.05) is 16.1 Å². The van der Waals surface area contributed by atoms with E-state index >= 15 is 0 Å². The highest BCUT2D eigenvalue weighted by atomic mass is 32.1. The van der Waals surface area contributed by atoms with E-state index in [9.17, 15) is 14.7 Å². The number of carbonyl (C=O) groups excluding carboxylic acids is 2. The SMILES string of the molecule is Cc1ccc(N2C(=O)C(=O)/C(=C(\O)c3ccc(OC(C)C)cc3)C2c2sccc2C)cc1. The third kappa shape index (κ3) is 3.94. The number of aliphatic hydroxyl groups excluding tert-OH is 1. The van der Waals surface area contributed by atoms with Gasteiger partial charge >= 0.3 is 0 Å². The van der Waals surface area contributed by atoms with Crippen LogP contribution in [0.2, 0.25) is 0 Å². The minimum absolute atomic E-state index is 0.0242. The summed E-state index contributed by atoms with van der Waals surface area (Å²) in [5.41, 5.74) is 3.19. The first kappa shape index (κ1) is 21.8. The highest BCUT2D eigenvalue weighted by Crippen LogP contribution is 2.44. The molecule has 1 aliphatic rings. The monoisotopic (exact) mass is 447 g/mol. The van der Waals surface area contributed by atoms with E-state index in [1.165, 1.54) is 16.2 Å². The lowest BCUT2D eigenvalue weighted by Crippen LogP contribution is -2.29. The summed E-state index contributed by atoms with van der Waals surface area (Å²) >= 11 is 1.47. The molecule has 1 aromatic heterocycles. The Hall–Kier alpha value is -3.38. The first-order valence-corrected chi connectivity index (χ1v) is 11.3. The molecule has 5 nitrogen and oxygen atoms in total. The van der Waals surface area contributed by atoms with Crippen molar-refractivity contribution in [3.05, 3.63) is 87.1 Å². The Balaban J connectivity index is 1.85. The summed E-state index contributed by atoms with van der Waals surface area (Å²) < 4.78 is 5.67. The Morgan fingerprint density at radius 3 is 2.22 bits per heavy atom. The predicted octanol–water partition coefficient (Wildman–Crippen LogP) is 5.78. The first-order valence-electron chi connectivity index (χ1n) is 10.5. The molecule has 0 spiro atoms. The van der Waals surface area contributed by atoms with Crippen molar-refractivity contribution in [2.75, 3.05) is 4.90 Å². The van der Waals surface area contributed by atoms with Gasteiger partial charge in [0.05, 0.1) is 11.7 Å². The number of nitrogens with zero attached hydrogens (tertiary/aromatic N) is 1. The number of anilines is 1. The Kier molecular flexibility index (Phi) is 5.89. The van der Waals surface area contributed by atoms with E-state index in [1.54, 1.807) is 24.3 Å². The van der Waals surface area contributed by atoms with Crippen LogP contribution in [-0.2, 0) is 9.59 Å². The van der Waals surface area contributed by atoms with E-state index in [1.807, 2.05) is 63.4 Å². The van der Waals surface area contributed by atoms with Crippen molar-refractivity contribution in [3.63, 3.8) is 0 Å². The number of ketones is 1. The number of hydrogen-bond acceptors (Lipinski definition) is 5. The summed E-state index contributed by atoms with van der Waals surface area (Å²) in [4.78, 5) is 28.7. The van der Waals surface area contributed by atoms with Gasteiger partial charge < -0.3 is 9.84 Å². The van der Waals surface area contributed by atoms with Crippen LogP contribution >= 0.6 is 11.3 Å². The molecule has 4 rings (SSSR count). The lowest BCUT2D eigenvalue weighted by atomic mass is 9.98. The minimum atomic E-state index is -0.691. The summed E-state index contributed by atoms with van der Waals surface area (Å²) in [5, 5.41) is 13.1. The van der Waals surface area contributed by atoms with Crippen LogP contribution in [0.25, 0.3) is 5.76 Å². The zero-order chi connectivity index (χ0) is 23.0. The van der Waals surface area contributed by atoms with Gasteiger partial charge in [0.2, 0.25) is 0 Å². The Bertz CT molecular complexity index is 1190. The molecule has 1 saturated heterocycles. The zero-order valence-corrected chi connectivity index (χ0v) is 19.3. The van der Waals surface area contributed by atoms with E-state index in [0.717, 1.165) is 16.0 Å². The molecule has 1 N–H and O–H groups in total. The van der Waals surface area contributed by atoms with Crippen LogP contribution < -0.4 is 9.64 Å². The van der Waals surface area contributed by atoms with E-state index in [0.29, 0.717) is 17.0 Å². The fraction of sp³-hybridized carbons (Fsp3) is 0.231. The van der Waals surface area contributed by atoms with Crippen LogP contribution in [0.15, 0.2) is 65.6 Å². The van der Waals surface area contributed by atoms with Crippen molar-refractivity contribution in [1.82, 2.24) is 0 Å². The van der Waals surface area contributed by atoms with Crippen molar-refractivity contribution in [1.29, 1.82) is 0 Å². The maximum Gasteiger partial charge on any atom is 0.300 e. The molecule has 0 bridgehead atoms. The standard InChI is InChI=1S/C26H25NO4S/c1-15(2)31-20-11-7-18(8-12-20)23(28)21-22(25-17(4)13-14-32-25)27(26(30)24(21)29)19-9-5-16(3)6-10-19/h5-15,22,28H,1-4H3/b23-21-. The molecule has 0 radical (unpaired) electrons. The van der Waals surface area contributed by atoms with Gasteiger partial charge in [0.25, 0.3) is 11.7 Å². The maximum absolute atomic E-state index is 13.2. The molecule has 1 aliphatic heterocycles. The Morgan fingerprint density at radius 1 is 1.00 bits per heavy atom. The van der Waals surface area contributed by atoms with Crippen molar-refractivity contribution < 1.29 is 19.4 Å². The molecule has 1 atom stereocenters. The third-order valence-corrected chi connectivity index (χ3v) is 6.48. The van der Waals surface area contributed by atoms with Crippen LogP contribution in [0.3, 0.4) is 0 Å². The molecule has 0 saturated carbocycles. The number of hydrogen-bond donors (Lipinski definition) is 1. The molecule has 164 valence electrons. The molecule has 2 heterocycles. The minimum Gasteiger partial charge on any atom is -0.507 e. The number of aryl methyl sites for hydroxylation is 2. The topological polar surface area (TPSA) is 66.8 Å². The second kappa shape index (κ2) is 8.63. The Morgan fingerprint density at radius 2 is 1.66 bits per heavy atom. The smallest absolute Gasteiger partial charge is 0.300 e. The maximum atomic E-state index is 13.2. The molecule has 1 amide bonds. The van der Waals surface area contributed by atoms with Gasteiger partial charge in [-0.05, 0) is 81.1 Å². The number of carbonyl (C=O) groups is 2. The van der Waals surface area contributed by atoms with Crippen molar-refractivity contribution >= 4 is 34.5 Å². The third-order valence-electron chi connectivity index (χ3n) is 5.41. The van der Waals surface area contributed by atoms with Gasteiger partial charge in [-0.25, -0.2) is 0 Å². The molecule has 1 unspecified atom stereocenters. The van der Waals surface area contributed by atoms with Crippen LogP contribution in [-0.4, -0.2) is 22.9 Å². The fourth-order valence-electron chi connectivity index (χ4n) is 3.84. The molecule has 2 aromatic carbocycles. The van der Waals surface area contributed by atoms with Gasteiger partial charge in [0.15, 0.2) is 0 Å². The summed E-state index contributed by atoms with van der Waals surface area (Å²) in [6, 6.07) is 15.6. The van der Waals surface area contributed by atoms with Crippen molar-refractivity contribution in [2.24, 2.45) is 0 Å². The lowest BCUT2D eigenvalue weighted by Gasteiger charge is -2.25. The summed E-state index contributed by atoms with van der Waals surface area (Å²) in [5.74, 6) is -0.856. The average Bonchev–Trinajstić information content (AvgIpc) is 3.29. The highest BCUT2D eigenvalue weighted by molar-refractivity contribution is 7.10. The molecule has 0 aliphatic carbocycles. The molecular formula is C26H25NO4S. The number of aliphatic hydroxyl groups is 1. The first-order chi connectivity index (χ1) is 15.3. The second-order valence-corrected chi connectivity index (χ2v) is 9.11. The second-order valence-electron chi connectivity index (χ2n) is 8.16. The lowest BCUT2D eigenvalue weighted by molar-refractivity contribution is -0.132. The molecule has 1 fully saturated rings. The summed E-state index contributed by atoms with van der Waals surface area (Å²) in [7, 11) is 0. The van der Waals surface area contributed by atoms with E-state index < -0.39 is 17.7 Å². The molecular weight excluding hydrogens is 422 g/mol. The van der Waals surface area contributed by atoms with Gasteiger partial charge in [0.1, 0.15) is 17.6 Å². The summed E-state index contributed by atoms with van der Waals surface area (Å²) in [6.07, 6.45) is 0.0242. The van der Waals surface area contributed by atoms with Gasteiger partial charge in [-0.1, -0.05) is 17.7 Å². The number of rotatable bonds is 5. The van der Waals surface area contributed by atoms with Gasteiger partial charge in [-0.2, -0.15) is 0 Å². The molecule has 32 heavy (non-hydrogen) atoms. The van der Waals surface area contributed by atoms with Gasteiger partial charge in [-0.3, -0.25) is 14.5 Å². The van der Waals surface area contributed by atoms with E-state index in [2.05, 4.69) is 0 Å². The summed E-state index contributed by atoms with van der Waals surface area (Å²) in [6.45, 7) is 7.78. The number of benzene rings is 2. The Labute approximate surface area is 191 Å².